The Hall–Kier alpha value is -0.990. The number of imidazole rings is 1. The molecule has 0 amide bonds. The minimum Gasteiger partial charge on any atom is -0.337 e. The van der Waals surface area contributed by atoms with Crippen LogP contribution in [0.4, 0.5) is 0 Å². The summed E-state index contributed by atoms with van der Waals surface area (Å²) in [5.41, 5.74) is 1.18. The van der Waals surface area contributed by atoms with Crippen molar-refractivity contribution in [2.45, 2.75) is 13.0 Å². The van der Waals surface area contributed by atoms with Crippen LogP contribution in [0, 0.1) is 0 Å². The zero-order chi connectivity index (χ0) is 10.7. The van der Waals surface area contributed by atoms with Gasteiger partial charge in [-0.15, -0.1) is 0 Å². The highest BCUT2D eigenvalue weighted by atomic mass is 35.5. The van der Waals surface area contributed by atoms with Crippen LogP contribution in [0.1, 0.15) is 5.56 Å². The fourth-order valence-corrected chi connectivity index (χ4v) is 1.69. The van der Waals surface area contributed by atoms with Crippen molar-refractivity contribution in [1.82, 2.24) is 9.55 Å². The molecule has 1 aromatic carbocycles. The van der Waals surface area contributed by atoms with E-state index in [0.717, 1.165) is 13.0 Å². The van der Waals surface area contributed by atoms with E-state index in [1.807, 2.05) is 29.0 Å². The van der Waals surface area contributed by atoms with E-state index in [1.54, 1.807) is 12.5 Å². The van der Waals surface area contributed by atoms with Gasteiger partial charge in [-0.3, -0.25) is 0 Å². The van der Waals surface area contributed by atoms with Crippen molar-refractivity contribution in [2.24, 2.45) is 0 Å². The van der Waals surface area contributed by atoms with Gasteiger partial charge in [-0.2, -0.15) is 0 Å². The summed E-state index contributed by atoms with van der Waals surface area (Å²) in [6.07, 6.45) is 6.44. The third kappa shape index (κ3) is 2.74. The third-order valence-corrected chi connectivity index (χ3v) is 2.94. The summed E-state index contributed by atoms with van der Waals surface area (Å²) in [5.74, 6) is 0. The predicted molar refractivity (Wildman–Crippen MR) is 62.4 cm³/mol. The molecular weight excluding hydrogens is 231 g/mol. The number of aryl methyl sites for hydroxylation is 2. The largest absolute Gasteiger partial charge is 0.337 e. The van der Waals surface area contributed by atoms with Gasteiger partial charge >= 0.3 is 0 Å². The van der Waals surface area contributed by atoms with Gasteiger partial charge in [0.15, 0.2) is 0 Å². The van der Waals surface area contributed by atoms with Gasteiger partial charge in [0.05, 0.1) is 16.4 Å². The highest BCUT2D eigenvalue weighted by Gasteiger charge is 1.99. The van der Waals surface area contributed by atoms with E-state index >= 15 is 0 Å². The monoisotopic (exact) mass is 240 g/mol. The maximum atomic E-state index is 5.92. The summed E-state index contributed by atoms with van der Waals surface area (Å²) < 4.78 is 2.03. The van der Waals surface area contributed by atoms with Crippen molar-refractivity contribution in [1.29, 1.82) is 0 Å². The summed E-state index contributed by atoms with van der Waals surface area (Å²) in [6, 6.07) is 5.72. The first kappa shape index (κ1) is 10.5. The van der Waals surface area contributed by atoms with Crippen molar-refractivity contribution in [3.05, 3.63) is 52.5 Å². The van der Waals surface area contributed by atoms with Crippen LogP contribution in [0.3, 0.4) is 0 Å². The Morgan fingerprint density at radius 3 is 2.73 bits per heavy atom. The van der Waals surface area contributed by atoms with Crippen LogP contribution in [-0.2, 0) is 13.0 Å². The first-order valence-corrected chi connectivity index (χ1v) is 5.41. The molecule has 2 nitrogen and oxygen atoms in total. The Morgan fingerprint density at radius 1 is 1.20 bits per heavy atom. The van der Waals surface area contributed by atoms with Crippen molar-refractivity contribution in [3.8, 4) is 0 Å². The number of hydrogen-bond acceptors (Lipinski definition) is 1. The number of rotatable bonds is 3. The Balaban J connectivity index is 2.02. The van der Waals surface area contributed by atoms with E-state index in [1.165, 1.54) is 5.56 Å². The highest BCUT2D eigenvalue weighted by molar-refractivity contribution is 6.42. The molecule has 0 aliphatic rings. The molecule has 0 saturated carbocycles. The number of benzene rings is 1. The SMILES string of the molecule is Clc1ccc(CCn2ccnc2)cc1Cl. The van der Waals surface area contributed by atoms with Gasteiger partial charge in [0.2, 0.25) is 0 Å². The molecule has 1 heterocycles. The van der Waals surface area contributed by atoms with Gasteiger partial charge < -0.3 is 4.57 Å². The second-order valence-corrected chi connectivity index (χ2v) is 4.11. The number of nitrogens with zero attached hydrogens (tertiary/aromatic N) is 2. The molecule has 15 heavy (non-hydrogen) atoms. The lowest BCUT2D eigenvalue weighted by Gasteiger charge is -2.04. The predicted octanol–water partition coefficient (Wildman–Crippen LogP) is 3.43. The van der Waals surface area contributed by atoms with Gasteiger partial charge in [0, 0.05) is 18.9 Å². The quantitative estimate of drug-likeness (QED) is 0.804. The average molecular weight is 241 g/mol. The van der Waals surface area contributed by atoms with E-state index in [9.17, 15) is 0 Å². The molecule has 0 spiro atoms. The molecule has 1 aromatic heterocycles. The summed E-state index contributed by atoms with van der Waals surface area (Å²) in [5, 5.41) is 1.21. The molecule has 0 bridgehead atoms. The summed E-state index contributed by atoms with van der Waals surface area (Å²) in [6.45, 7) is 0.901. The minimum absolute atomic E-state index is 0.600. The second-order valence-electron chi connectivity index (χ2n) is 3.30. The molecule has 0 fully saturated rings. The smallest absolute Gasteiger partial charge is 0.0946 e. The molecule has 0 saturated heterocycles. The molecule has 0 atom stereocenters. The molecule has 0 aliphatic carbocycles. The van der Waals surface area contributed by atoms with Crippen molar-refractivity contribution >= 4 is 23.2 Å². The van der Waals surface area contributed by atoms with E-state index in [-0.39, 0.29) is 0 Å². The Labute approximate surface area is 98.5 Å². The first-order valence-electron chi connectivity index (χ1n) is 4.65. The van der Waals surface area contributed by atoms with E-state index in [0.29, 0.717) is 10.0 Å². The molecule has 2 rings (SSSR count). The number of halogens is 2. The van der Waals surface area contributed by atoms with E-state index in [4.69, 9.17) is 23.2 Å². The Kier molecular flexibility index (Phi) is 3.29. The zero-order valence-corrected chi connectivity index (χ0v) is 9.54. The van der Waals surface area contributed by atoms with Gasteiger partial charge in [-0.25, -0.2) is 4.98 Å². The normalized spacial score (nSPS) is 10.5. The van der Waals surface area contributed by atoms with Crippen LogP contribution in [0.25, 0.3) is 0 Å². The lowest BCUT2D eigenvalue weighted by Crippen LogP contribution is -1.98. The third-order valence-electron chi connectivity index (χ3n) is 2.20. The number of aromatic nitrogens is 2. The van der Waals surface area contributed by atoms with E-state index in [2.05, 4.69) is 4.98 Å². The van der Waals surface area contributed by atoms with Crippen LogP contribution in [0.2, 0.25) is 10.0 Å². The fourth-order valence-electron chi connectivity index (χ4n) is 1.37. The van der Waals surface area contributed by atoms with Crippen LogP contribution in [-0.4, -0.2) is 9.55 Å². The maximum absolute atomic E-state index is 5.92. The Bertz CT molecular complexity index is 438. The molecule has 0 N–H and O–H groups in total. The molecule has 0 radical (unpaired) electrons. The lowest BCUT2D eigenvalue weighted by atomic mass is 10.1. The highest BCUT2D eigenvalue weighted by Crippen LogP contribution is 2.22. The summed E-state index contributed by atoms with van der Waals surface area (Å²) in [4.78, 5) is 3.98. The molecule has 0 aliphatic heterocycles. The average Bonchev–Trinajstić information content (AvgIpc) is 2.73. The van der Waals surface area contributed by atoms with Gasteiger partial charge in [0.1, 0.15) is 0 Å². The topological polar surface area (TPSA) is 17.8 Å². The van der Waals surface area contributed by atoms with Gasteiger partial charge in [0.25, 0.3) is 0 Å². The van der Waals surface area contributed by atoms with Crippen LogP contribution in [0.15, 0.2) is 36.9 Å². The standard InChI is InChI=1S/C11H10Cl2N2/c12-10-2-1-9(7-11(10)13)3-5-15-6-4-14-8-15/h1-2,4,6-8H,3,5H2. The first-order chi connectivity index (χ1) is 7.25. The van der Waals surface area contributed by atoms with E-state index < -0.39 is 0 Å². The summed E-state index contributed by atoms with van der Waals surface area (Å²) in [7, 11) is 0. The Morgan fingerprint density at radius 2 is 2.07 bits per heavy atom. The molecule has 4 heteroatoms. The number of hydrogen-bond donors (Lipinski definition) is 0. The van der Waals surface area contributed by atoms with Crippen LogP contribution in [0.5, 0.6) is 0 Å². The lowest BCUT2D eigenvalue weighted by molar-refractivity contribution is 0.696. The summed E-state index contributed by atoms with van der Waals surface area (Å²) >= 11 is 11.8. The second kappa shape index (κ2) is 4.69. The van der Waals surface area contributed by atoms with Crippen molar-refractivity contribution in [3.63, 3.8) is 0 Å². The van der Waals surface area contributed by atoms with Gasteiger partial charge in [-0.05, 0) is 24.1 Å². The fraction of sp³-hybridized carbons (Fsp3) is 0.182. The maximum Gasteiger partial charge on any atom is 0.0946 e. The van der Waals surface area contributed by atoms with Gasteiger partial charge in [-0.1, -0.05) is 29.3 Å². The van der Waals surface area contributed by atoms with Crippen molar-refractivity contribution in [2.75, 3.05) is 0 Å². The van der Waals surface area contributed by atoms with Crippen LogP contribution >= 0.6 is 23.2 Å². The van der Waals surface area contributed by atoms with Crippen molar-refractivity contribution < 1.29 is 0 Å². The van der Waals surface area contributed by atoms with Crippen LogP contribution < -0.4 is 0 Å². The minimum atomic E-state index is 0.600. The molecular formula is C11H10Cl2N2. The molecule has 78 valence electrons. The molecule has 0 unspecified atom stereocenters. The molecule has 2 aromatic rings. The zero-order valence-electron chi connectivity index (χ0n) is 8.03.